The Morgan fingerprint density at radius 1 is 0.879 bits per heavy atom. The molecule has 0 aliphatic carbocycles. The van der Waals surface area contributed by atoms with Crippen LogP contribution in [0, 0.1) is 0 Å². The van der Waals surface area contributed by atoms with Gasteiger partial charge in [-0.2, -0.15) is 4.31 Å². The zero-order chi connectivity index (χ0) is 23.8. The molecule has 0 bridgehead atoms. The molecule has 0 unspecified atom stereocenters. The van der Waals surface area contributed by atoms with Crippen molar-refractivity contribution < 1.29 is 32.3 Å². The first-order valence-electron chi connectivity index (χ1n) is 10.6. The monoisotopic (exact) mass is 474 g/mol. The molecule has 10 heteroatoms. The summed E-state index contributed by atoms with van der Waals surface area (Å²) in [5, 5.41) is 0. The number of carbonyl (C=O) groups excluding carboxylic acids is 3. The van der Waals surface area contributed by atoms with Gasteiger partial charge < -0.3 is 14.4 Å². The number of ether oxygens (including phenoxy) is 2. The van der Waals surface area contributed by atoms with Crippen LogP contribution >= 0.6 is 0 Å². The summed E-state index contributed by atoms with van der Waals surface area (Å²) in [6, 6.07) is 14.5. The lowest BCUT2D eigenvalue weighted by Crippen LogP contribution is -2.51. The van der Waals surface area contributed by atoms with E-state index in [-0.39, 0.29) is 43.5 Å². The van der Waals surface area contributed by atoms with Crippen molar-refractivity contribution in [1.29, 1.82) is 0 Å². The maximum absolute atomic E-state index is 12.7. The van der Waals surface area contributed by atoms with Crippen LogP contribution in [0.4, 0.5) is 0 Å². The van der Waals surface area contributed by atoms with Crippen LogP contribution in [0.15, 0.2) is 59.5 Å². The molecule has 1 heterocycles. The summed E-state index contributed by atoms with van der Waals surface area (Å²) in [6.45, 7) is 1.70. The number of piperazine rings is 1. The molecule has 0 radical (unpaired) electrons. The molecule has 3 rings (SSSR count). The Morgan fingerprint density at radius 3 is 2.12 bits per heavy atom. The van der Waals surface area contributed by atoms with Gasteiger partial charge in [-0.25, -0.2) is 13.2 Å². The number of hydrogen-bond donors (Lipinski definition) is 0. The number of ketones is 1. The van der Waals surface area contributed by atoms with Crippen LogP contribution in [-0.2, 0) is 24.3 Å². The SMILES string of the molecule is CCC(=O)c1ccc(OCC(=O)OCC(=O)N2CCN(S(=O)(=O)c3ccccc3)CC2)cc1. The summed E-state index contributed by atoms with van der Waals surface area (Å²) in [6.07, 6.45) is 0.401. The Bertz CT molecular complexity index is 1080. The predicted molar refractivity (Wildman–Crippen MR) is 119 cm³/mol. The average molecular weight is 475 g/mol. The zero-order valence-corrected chi connectivity index (χ0v) is 19.1. The molecule has 9 nitrogen and oxygen atoms in total. The van der Waals surface area contributed by atoms with Crippen molar-refractivity contribution in [2.24, 2.45) is 0 Å². The first-order valence-corrected chi connectivity index (χ1v) is 12.0. The first kappa shape index (κ1) is 24.4. The van der Waals surface area contributed by atoms with Crippen LogP contribution in [0.3, 0.4) is 0 Å². The van der Waals surface area contributed by atoms with E-state index in [0.29, 0.717) is 17.7 Å². The van der Waals surface area contributed by atoms with E-state index in [4.69, 9.17) is 9.47 Å². The van der Waals surface area contributed by atoms with Crippen LogP contribution in [0.25, 0.3) is 0 Å². The van der Waals surface area contributed by atoms with Gasteiger partial charge in [-0.1, -0.05) is 25.1 Å². The summed E-state index contributed by atoms with van der Waals surface area (Å²) < 4.78 is 37.0. The molecule has 2 aromatic carbocycles. The lowest BCUT2D eigenvalue weighted by atomic mass is 10.1. The minimum Gasteiger partial charge on any atom is -0.482 e. The molecule has 0 spiro atoms. The van der Waals surface area contributed by atoms with Crippen LogP contribution in [0.1, 0.15) is 23.7 Å². The first-order chi connectivity index (χ1) is 15.8. The largest absolute Gasteiger partial charge is 0.482 e. The fraction of sp³-hybridized carbons (Fsp3) is 0.348. The molecule has 1 aliphatic rings. The molecule has 176 valence electrons. The van der Waals surface area contributed by atoms with Crippen molar-refractivity contribution in [2.75, 3.05) is 39.4 Å². The number of Topliss-reactive ketones (excluding diaryl/α,β-unsaturated/α-hetero) is 1. The summed E-state index contributed by atoms with van der Waals surface area (Å²) in [4.78, 5) is 37.5. The molecule has 1 saturated heterocycles. The van der Waals surface area contributed by atoms with Crippen LogP contribution in [-0.4, -0.2) is 74.7 Å². The van der Waals surface area contributed by atoms with E-state index in [1.54, 1.807) is 49.4 Å². The Labute approximate surface area is 192 Å². The average Bonchev–Trinajstić information content (AvgIpc) is 2.86. The number of esters is 1. The van der Waals surface area contributed by atoms with Gasteiger partial charge in [-0.05, 0) is 36.4 Å². The van der Waals surface area contributed by atoms with Crippen LogP contribution in [0.5, 0.6) is 5.75 Å². The number of amides is 1. The minimum absolute atomic E-state index is 0.0120. The highest BCUT2D eigenvalue weighted by molar-refractivity contribution is 7.89. The third-order valence-corrected chi connectivity index (χ3v) is 7.10. The topological polar surface area (TPSA) is 110 Å². The second-order valence-corrected chi connectivity index (χ2v) is 9.29. The van der Waals surface area contributed by atoms with Crippen molar-refractivity contribution in [2.45, 2.75) is 18.2 Å². The van der Waals surface area contributed by atoms with Crippen molar-refractivity contribution in [1.82, 2.24) is 9.21 Å². The van der Waals surface area contributed by atoms with Crippen LogP contribution < -0.4 is 4.74 Å². The van der Waals surface area contributed by atoms with Gasteiger partial charge in [0.2, 0.25) is 10.0 Å². The fourth-order valence-corrected chi connectivity index (χ4v) is 4.72. The van der Waals surface area contributed by atoms with Gasteiger partial charge in [0, 0.05) is 38.2 Å². The van der Waals surface area contributed by atoms with Gasteiger partial charge in [-0.3, -0.25) is 9.59 Å². The molecule has 1 amide bonds. The van der Waals surface area contributed by atoms with Crippen LogP contribution in [0.2, 0.25) is 0 Å². The second kappa shape index (κ2) is 11.1. The lowest BCUT2D eigenvalue weighted by Gasteiger charge is -2.33. The zero-order valence-electron chi connectivity index (χ0n) is 18.3. The molecular weight excluding hydrogens is 448 g/mol. The predicted octanol–water partition coefficient (Wildman–Crippen LogP) is 1.73. The number of benzene rings is 2. The quantitative estimate of drug-likeness (QED) is 0.402. The lowest BCUT2D eigenvalue weighted by molar-refractivity contribution is -0.154. The van der Waals surface area contributed by atoms with Gasteiger partial charge in [0.25, 0.3) is 5.91 Å². The van der Waals surface area contributed by atoms with Gasteiger partial charge in [0.1, 0.15) is 5.75 Å². The molecule has 0 aromatic heterocycles. The Kier molecular flexibility index (Phi) is 8.18. The third-order valence-electron chi connectivity index (χ3n) is 5.18. The second-order valence-electron chi connectivity index (χ2n) is 7.35. The summed E-state index contributed by atoms with van der Waals surface area (Å²) in [7, 11) is -3.60. The molecule has 0 saturated carbocycles. The standard InChI is InChI=1S/C23H26N2O7S/c1-2-21(26)18-8-10-19(11-9-18)31-17-23(28)32-16-22(27)24-12-14-25(15-13-24)33(29,30)20-6-4-3-5-7-20/h3-11H,2,12-17H2,1H3. The number of rotatable bonds is 9. The van der Waals surface area contributed by atoms with Gasteiger partial charge in [-0.15, -0.1) is 0 Å². The normalized spacial score (nSPS) is 14.5. The maximum Gasteiger partial charge on any atom is 0.344 e. The van der Waals surface area contributed by atoms with Crippen molar-refractivity contribution in [3.8, 4) is 5.75 Å². The fourth-order valence-electron chi connectivity index (χ4n) is 3.28. The molecular formula is C23H26N2O7S. The number of hydrogen-bond acceptors (Lipinski definition) is 7. The number of carbonyl (C=O) groups is 3. The summed E-state index contributed by atoms with van der Waals surface area (Å²) in [5.74, 6) is -0.690. The molecule has 2 aromatic rings. The van der Waals surface area contributed by atoms with Gasteiger partial charge in [0.05, 0.1) is 4.90 Å². The van der Waals surface area contributed by atoms with E-state index in [1.807, 2.05) is 0 Å². The Morgan fingerprint density at radius 2 is 1.52 bits per heavy atom. The summed E-state index contributed by atoms with van der Waals surface area (Å²) in [5.41, 5.74) is 0.565. The molecule has 0 atom stereocenters. The van der Waals surface area contributed by atoms with Crippen molar-refractivity contribution in [3.63, 3.8) is 0 Å². The third kappa shape index (κ3) is 6.39. The van der Waals surface area contributed by atoms with Gasteiger partial charge in [0.15, 0.2) is 19.0 Å². The highest BCUT2D eigenvalue weighted by Gasteiger charge is 2.30. The molecule has 1 fully saturated rings. The summed E-state index contributed by atoms with van der Waals surface area (Å²) >= 11 is 0. The van der Waals surface area contributed by atoms with Gasteiger partial charge >= 0.3 is 5.97 Å². The van der Waals surface area contributed by atoms with E-state index in [9.17, 15) is 22.8 Å². The Balaban J connectivity index is 1.40. The molecule has 0 N–H and O–H groups in total. The van der Waals surface area contributed by atoms with E-state index < -0.39 is 28.5 Å². The van der Waals surface area contributed by atoms with E-state index in [0.717, 1.165) is 0 Å². The van der Waals surface area contributed by atoms with E-state index >= 15 is 0 Å². The molecule has 1 aliphatic heterocycles. The Hall–Kier alpha value is -3.24. The van der Waals surface area contributed by atoms with Crippen molar-refractivity contribution in [3.05, 3.63) is 60.2 Å². The van der Waals surface area contributed by atoms with E-state index in [2.05, 4.69) is 0 Å². The van der Waals surface area contributed by atoms with Crippen molar-refractivity contribution >= 4 is 27.7 Å². The molecule has 33 heavy (non-hydrogen) atoms. The maximum atomic E-state index is 12.7. The highest BCUT2D eigenvalue weighted by atomic mass is 32.2. The van der Waals surface area contributed by atoms with E-state index in [1.165, 1.54) is 21.3 Å². The number of nitrogens with zero attached hydrogens (tertiary/aromatic N) is 2. The minimum atomic E-state index is -3.60. The highest BCUT2D eigenvalue weighted by Crippen LogP contribution is 2.17. The smallest absolute Gasteiger partial charge is 0.344 e. The number of sulfonamides is 1.